The molecule has 0 saturated heterocycles. The Labute approximate surface area is 150 Å². The molecule has 0 heterocycles. The van der Waals surface area contributed by atoms with Crippen molar-refractivity contribution in [2.75, 3.05) is 32.1 Å². The molecule has 0 bridgehead atoms. The van der Waals surface area contributed by atoms with Crippen molar-refractivity contribution >= 4 is 28.9 Å². The van der Waals surface area contributed by atoms with E-state index >= 15 is 0 Å². The Bertz CT molecular complexity index is 740. The van der Waals surface area contributed by atoms with Gasteiger partial charge in [0.2, 0.25) is 0 Å². The molecule has 7 nitrogen and oxygen atoms in total. The van der Waals surface area contributed by atoms with E-state index in [0.717, 1.165) is 10.6 Å². The predicted molar refractivity (Wildman–Crippen MR) is 95.3 cm³/mol. The summed E-state index contributed by atoms with van der Waals surface area (Å²) < 4.78 is 5.58. The summed E-state index contributed by atoms with van der Waals surface area (Å²) in [5.74, 6) is 0.458. The van der Waals surface area contributed by atoms with Crippen molar-refractivity contribution in [3.05, 3.63) is 63.7 Å². The SMILES string of the molecule is C[NH+](CCOc1ccccc1)CC(=O)Nc1ccc(Cl)cc1[N+](=O)[O-]. The number of carbonyl (C=O) groups is 1. The van der Waals surface area contributed by atoms with E-state index < -0.39 is 4.92 Å². The van der Waals surface area contributed by atoms with Crippen LogP contribution < -0.4 is 15.0 Å². The molecule has 25 heavy (non-hydrogen) atoms. The van der Waals surface area contributed by atoms with Crippen molar-refractivity contribution in [1.29, 1.82) is 0 Å². The first-order valence-corrected chi connectivity index (χ1v) is 8.06. The Balaban J connectivity index is 1.82. The Kier molecular flexibility index (Phi) is 6.73. The van der Waals surface area contributed by atoms with Gasteiger partial charge in [-0.25, -0.2) is 0 Å². The van der Waals surface area contributed by atoms with E-state index in [0.29, 0.717) is 13.2 Å². The van der Waals surface area contributed by atoms with E-state index in [1.165, 1.54) is 18.2 Å². The van der Waals surface area contributed by atoms with Gasteiger partial charge in [0.1, 0.15) is 24.6 Å². The zero-order valence-corrected chi connectivity index (χ0v) is 14.5. The number of quaternary nitrogens is 1. The summed E-state index contributed by atoms with van der Waals surface area (Å²) in [6, 6.07) is 13.5. The lowest BCUT2D eigenvalue weighted by Crippen LogP contribution is -3.10. The number of nitro benzene ring substituents is 1. The Morgan fingerprint density at radius 2 is 2.00 bits per heavy atom. The van der Waals surface area contributed by atoms with Gasteiger partial charge in [0, 0.05) is 11.1 Å². The predicted octanol–water partition coefficient (Wildman–Crippen LogP) is 1.78. The van der Waals surface area contributed by atoms with E-state index in [4.69, 9.17) is 16.3 Å². The number of ether oxygens (including phenoxy) is 1. The van der Waals surface area contributed by atoms with E-state index in [9.17, 15) is 14.9 Å². The summed E-state index contributed by atoms with van der Waals surface area (Å²) in [7, 11) is 1.85. The van der Waals surface area contributed by atoms with E-state index in [-0.39, 0.29) is 28.8 Å². The van der Waals surface area contributed by atoms with Crippen LogP contribution in [-0.2, 0) is 4.79 Å². The molecule has 0 radical (unpaired) electrons. The van der Waals surface area contributed by atoms with Crippen LogP contribution in [0.2, 0.25) is 5.02 Å². The average molecular weight is 365 g/mol. The van der Waals surface area contributed by atoms with Gasteiger partial charge in [0.15, 0.2) is 6.54 Å². The third kappa shape index (κ3) is 6.06. The van der Waals surface area contributed by atoms with E-state index in [1.54, 1.807) is 0 Å². The normalized spacial score (nSPS) is 11.6. The van der Waals surface area contributed by atoms with Gasteiger partial charge in [-0.15, -0.1) is 0 Å². The molecule has 2 N–H and O–H groups in total. The minimum atomic E-state index is -0.578. The van der Waals surface area contributed by atoms with Gasteiger partial charge in [-0.1, -0.05) is 29.8 Å². The van der Waals surface area contributed by atoms with E-state index in [1.807, 2.05) is 37.4 Å². The fourth-order valence-corrected chi connectivity index (χ4v) is 2.34. The summed E-state index contributed by atoms with van der Waals surface area (Å²) in [6.45, 7) is 1.24. The smallest absolute Gasteiger partial charge is 0.294 e. The Morgan fingerprint density at radius 1 is 1.28 bits per heavy atom. The summed E-state index contributed by atoms with van der Waals surface area (Å²) in [6.07, 6.45) is 0. The highest BCUT2D eigenvalue weighted by Gasteiger charge is 2.18. The van der Waals surface area contributed by atoms with Crippen LogP contribution in [-0.4, -0.2) is 37.6 Å². The lowest BCUT2D eigenvalue weighted by Gasteiger charge is -2.14. The van der Waals surface area contributed by atoms with Crippen LogP contribution in [0.5, 0.6) is 5.75 Å². The first-order chi connectivity index (χ1) is 12.0. The number of nitrogens with zero attached hydrogens (tertiary/aromatic N) is 1. The molecule has 0 aliphatic carbocycles. The van der Waals surface area contributed by atoms with Gasteiger partial charge >= 0.3 is 0 Å². The van der Waals surface area contributed by atoms with Crippen LogP contribution in [0.3, 0.4) is 0 Å². The van der Waals surface area contributed by atoms with Gasteiger partial charge < -0.3 is 15.0 Å². The molecule has 2 aromatic carbocycles. The zero-order valence-electron chi connectivity index (χ0n) is 13.7. The number of nitrogens with one attached hydrogen (secondary N) is 2. The lowest BCUT2D eigenvalue weighted by atomic mass is 10.2. The van der Waals surface area contributed by atoms with Crippen molar-refractivity contribution in [2.45, 2.75) is 0 Å². The largest absolute Gasteiger partial charge is 0.488 e. The van der Waals surface area contributed by atoms with Crippen LogP contribution >= 0.6 is 11.6 Å². The molecule has 8 heteroatoms. The minimum Gasteiger partial charge on any atom is -0.488 e. The maximum Gasteiger partial charge on any atom is 0.294 e. The molecule has 0 saturated carbocycles. The van der Waals surface area contributed by atoms with Crippen molar-refractivity contribution in [3.8, 4) is 5.75 Å². The van der Waals surface area contributed by atoms with Gasteiger partial charge in [-0.3, -0.25) is 14.9 Å². The molecule has 2 rings (SSSR count). The fraction of sp³-hybridized carbons (Fsp3) is 0.235. The van der Waals surface area contributed by atoms with Gasteiger partial charge in [-0.2, -0.15) is 0 Å². The van der Waals surface area contributed by atoms with Gasteiger partial charge in [-0.05, 0) is 24.3 Å². The number of carbonyl (C=O) groups excluding carboxylic acids is 1. The number of halogens is 1. The molecule has 0 aliphatic heterocycles. The highest BCUT2D eigenvalue weighted by atomic mass is 35.5. The van der Waals surface area contributed by atoms with Crippen molar-refractivity contribution in [2.24, 2.45) is 0 Å². The van der Waals surface area contributed by atoms with Gasteiger partial charge in [0.05, 0.1) is 12.0 Å². The molecule has 0 aromatic heterocycles. The molecular formula is C17H19ClN3O4+. The number of hydrogen-bond donors (Lipinski definition) is 2. The third-order valence-corrected chi connectivity index (χ3v) is 3.67. The number of para-hydroxylation sites is 1. The monoisotopic (exact) mass is 364 g/mol. The number of hydrogen-bond acceptors (Lipinski definition) is 4. The Morgan fingerprint density at radius 3 is 2.68 bits per heavy atom. The molecule has 1 unspecified atom stereocenters. The average Bonchev–Trinajstić information content (AvgIpc) is 2.57. The Hall–Kier alpha value is -2.64. The molecule has 1 amide bonds. The second-order valence-electron chi connectivity index (χ2n) is 5.51. The number of anilines is 1. The quantitative estimate of drug-likeness (QED) is 0.552. The van der Waals surface area contributed by atoms with E-state index in [2.05, 4.69) is 5.32 Å². The number of likely N-dealkylation sites (N-methyl/N-ethyl adjacent to an activating group) is 1. The summed E-state index contributed by atoms with van der Waals surface area (Å²) in [5, 5.41) is 13.8. The molecule has 0 spiro atoms. The van der Waals surface area contributed by atoms with Crippen LogP contribution in [0.1, 0.15) is 0 Å². The van der Waals surface area contributed by atoms with Crippen molar-refractivity contribution in [1.82, 2.24) is 0 Å². The number of rotatable bonds is 8. The molecular weight excluding hydrogens is 346 g/mol. The number of amides is 1. The first kappa shape index (κ1) is 18.7. The molecule has 0 aliphatic rings. The number of benzene rings is 2. The van der Waals surface area contributed by atoms with Crippen LogP contribution in [0.25, 0.3) is 0 Å². The molecule has 2 aromatic rings. The first-order valence-electron chi connectivity index (χ1n) is 7.68. The van der Waals surface area contributed by atoms with Crippen LogP contribution in [0.15, 0.2) is 48.5 Å². The third-order valence-electron chi connectivity index (χ3n) is 3.43. The summed E-state index contributed by atoms with van der Waals surface area (Å²) >= 11 is 5.75. The van der Waals surface area contributed by atoms with Gasteiger partial charge in [0.25, 0.3) is 11.6 Å². The maximum atomic E-state index is 12.1. The van der Waals surface area contributed by atoms with Crippen LogP contribution in [0, 0.1) is 10.1 Å². The highest BCUT2D eigenvalue weighted by Crippen LogP contribution is 2.27. The fourth-order valence-electron chi connectivity index (χ4n) is 2.18. The van der Waals surface area contributed by atoms with Crippen molar-refractivity contribution < 1.29 is 19.4 Å². The number of nitro groups is 1. The second kappa shape index (κ2) is 9.00. The molecule has 0 fully saturated rings. The highest BCUT2D eigenvalue weighted by molar-refractivity contribution is 6.31. The zero-order chi connectivity index (χ0) is 18.2. The second-order valence-corrected chi connectivity index (χ2v) is 5.95. The van der Waals surface area contributed by atoms with Crippen LogP contribution in [0.4, 0.5) is 11.4 Å². The molecule has 132 valence electrons. The topological polar surface area (TPSA) is 85.9 Å². The van der Waals surface area contributed by atoms with Crippen molar-refractivity contribution in [3.63, 3.8) is 0 Å². The maximum absolute atomic E-state index is 12.1. The summed E-state index contributed by atoms with van der Waals surface area (Å²) in [4.78, 5) is 23.5. The molecule has 1 atom stereocenters. The lowest BCUT2D eigenvalue weighted by molar-refractivity contribution is -0.871. The standard InChI is InChI=1S/C17H18ClN3O4/c1-20(9-10-25-14-5-3-2-4-6-14)12-17(22)19-15-8-7-13(18)11-16(15)21(23)24/h2-8,11H,9-10,12H2,1H3,(H,19,22)/p+1. The minimum absolute atomic E-state index is 0.132. The summed E-state index contributed by atoms with van der Waals surface area (Å²) in [5.41, 5.74) is -0.0985.